The lowest BCUT2D eigenvalue weighted by Gasteiger charge is -2.06. The SMILES string of the molecule is CC(C)OC(=O)/C(C#N)=C\c1ccc(Cl)c(Cl)c1. The van der Waals surface area contributed by atoms with Crippen LogP contribution in [0.5, 0.6) is 0 Å². The van der Waals surface area contributed by atoms with Gasteiger partial charge in [-0.1, -0.05) is 29.3 Å². The normalized spacial score (nSPS) is 11.2. The number of hydrogen-bond acceptors (Lipinski definition) is 3. The fourth-order valence-electron chi connectivity index (χ4n) is 1.18. The largest absolute Gasteiger partial charge is 0.459 e. The number of nitriles is 1. The summed E-state index contributed by atoms with van der Waals surface area (Å²) in [6, 6.07) is 6.63. The second kappa shape index (κ2) is 6.44. The van der Waals surface area contributed by atoms with E-state index in [9.17, 15) is 4.79 Å². The van der Waals surface area contributed by atoms with Crippen molar-refractivity contribution in [2.45, 2.75) is 20.0 Å². The number of benzene rings is 1. The van der Waals surface area contributed by atoms with Crippen molar-refractivity contribution in [2.75, 3.05) is 0 Å². The van der Waals surface area contributed by atoms with Crippen molar-refractivity contribution in [2.24, 2.45) is 0 Å². The summed E-state index contributed by atoms with van der Waals surface area (Å²) in [5, 5.41) is 9.69. The van der Waals surface area contributed by atoms with Gasteiger partial charge in [0.25, 0.3) is 0 Å². The zero-order valence-electron chi connectivity index (χ0n) is 9.91. The van der Waals surface area contributed by atoms with E-state index in [4.69, 9.17) is 33.2 Å². The van der Waals surface area contributed by atoms with Crippen LogP contribution in [-0.4, -0.2) is 12.1 Å². The Morgan fingerprint density at radius 3 is 2.56 bits per heavy atom. The van der Waals surface area contributed by atoms with Gasteiger partial charge in [-0.25, -0.2) is 4.79 Å². The molecule has 5 heteroatoms. The molecule has 0 amide bonds. The van der Waals surface area contributed by atoms with Crippen molar-refractivity contribution in [3.63, 3.8) is 0 Å². The maximum atomic E-state index is 11.6. The number of esters is 1. The van der Waals surface area contributed by atoms with Crippen molar-refractivity contribution in [1.29, 1.82) is 5.26 Å². The third kappa shape index (κ3) is 4.06. The lowest BCUT2D eigenvalue weighted by molar-refractivity contribution is -0.142. The molecule has 18 heavy (non-hydrogen) atoms. The third-order valence-corrected chi connectivity index (χ3v) is 2.68. The highest BCUT2D eigenvalue weighted by Crippen LogP contribution is 2.23. The molecule has 94 valence electrons. The number of ether oxygens (including phenoxy) is 1. The van der Waals surface area contributed by atoms with Crippen LogP contribution in [0.4, 0.5) is 0 Å². The lowest BCUT2D eigenvalue weighted by Crippen LogP contribution is -2.12. The first kappa shape index (κ1) is 14.6. The van der Waals surface area contributed by atoms with E-state index in [1.165, 1.54) is 6.08 Å². The Bertz CT molecular complexity index is 530. The van der Waals surface area contributed by atoms with Crippen molar-refractivity contribution in [3.8, 4) is 6.07 Å². The summed E-state index contributed by atoms with van der Waals surface area (Å²) >= 11 is 11.6. The first-order valence-corrected chi connectivity index (χ1v) is 5.97. The molecular weight excluding hydrogens is 273 g/mol. The van der Waals surface area contributed by atoms with Crippen LogP contribution in [0.2, 0.25) is 10.0 Å². The Balaban J connectivity index is 3.01. The molecule has 0 radical (unpaired) electrons. The van der Waals surface area contributed by atoms with Crippen LogP contribution < -0.4 is 0 Å². The van der Waals surface area contributed by atoms with Gasteiger partial charge in [0.2, 0.25) is 0 Å². The van der Waals surface area contributed by atoms with Crippen LogP contribution in [0.3, 0.4) is 0 Å². The first-order chi connectivity index (χ1) is 8.43. The second-order valence-electron chi connectivity index (χ2n) is 3.80. The van der Waals surface area contributed by atoms with Crippen LogP contribution in [0.1, 0.15) is 19.4 Å². The molecule has 0 heterocycles. The van der Waals surface area contributed by atoms with E-state index in [0.29, 0.717) is 15.6 Å². The van der Waals surface area contributed by atoms with Gasteiger partial charge in [-0.15, -0.1) is 0 Å². The van der Waals surface area contributed by atoms with Gasteiger partial charge in [0, 0.05) is 0 Å². The molecule has 0 saturated carbocycles. The second-order valence-corrected chi connectivity index (χ2v) is 4.61. The molecule has 0 spiro atoms. The Morgan fingerprint density at radius 1 is 1.39 bits per heavy atom. The van der Waals surface area contributed by atoms with E-state index >= 15 is 0 Å². The van der Waals surface area contributed by atoms with Crippen molar-refractivity contribution in [1.82, 2.24) is 0 Å². The van der Waals surface area contributed by atoms with E-state index in [-0.39, 0.29) is 11.7 Å². The van der Waals surface area contributed by atoms with Gasteiger partial charge >= 0.3 is 5.97 Å². The van der Waals surface area contributed by atoms with E-state index in [0.717, 1.165) is 0 Å². The molecular formula is C13H11Cl2NO2. The Kier molecular flexibility index (Phi) is 5.21. The highest BCUT2D eigenvalue weighted by atomic mass is 35.5. The average Bonchev–Trinajstić information content (AvgIpc) is 2.29. The van der Waals surface area contributed by atoms with Crippen LogP contribution in [0, 0.1) is 11.3 Å². The molecule has 1 aromatic carbocycles. The average molecular weight is 284 g/mol. The number of rotatable bonds is 3. The van der Waals surface area contributed by atoms with Crippen LogP contribution in [0.15, 0.2) is 23.8 Å². The molecule has 0 aromatic heterocycles. The Labute approximate surface area is 116 Å². The predicted octanol–water partition coefficient (Wildman–Crippen LogP) is 3.85. The maximum absolute atomic E-state index is 11.6. The van der Waals surface area contributed by atoms with Crippen molar-refractivity contribution in [3.05, 3.63) is 39.4 Å². The summed E-state index contributed by atoms with van der Waals surface area (Å²) in [6.45, 7) is 3.43. The molecule has 0 aliphatic rings. The Hall–Kier alpha value is -1.50. The van der Waals surface area contributed by atoms with Gasteiger partial charge in [0.05, 0.1) is 16.1 Å². The van der Waals surface area contributed by atoms with Crippen LogP contribution >= 0.6 is 23.2 Å². The summed E-state index contributed by atoms with van der Waals surface area (Å²) < 4.78 is 4.94. The number of hydrogen-bond donors (Lipinski definition) is 0. The highest BCUT2D eigenvalue weighted by Gasteiger charge is 2.12. The summed E-state index contributed by atoms with van der Waals surface area (Å²) in [4.78, 5) is 11.6. The minimum Gasteiger partial charge on any atom is -0.459 e. The maximum Gasteiger partial charge on any atom is 0.349 e. The Morgan fingerprint density at radius 2 is 2.06 bits per heavy atom. The van der Waals surface area contributed by atoms with Gasteiger partial charge in [0.15, 0.2) is 0 Å². The van der Waals surface area contributed by atoms with Gasteiger partial charge in [0.1, 0.15) is 11.6 Å². The summed E-state index contributed by atoms with van der Waals surface area (Å²) in [5.41, 5.74) is 0.531. The van der Waals surface area contributed by atoms with Gasteiger partial charge in [-0.2, -0.15) is 5.26 Å². The standard InChI is InChI=1S/C13H11Cl2NO2/c1-8(2)18-13(17)10(7-16)5-9-3-4-11(14)12(15)6-9/h3-6,8H,1-2H3/b10-5-. The fraction of sp³-hybridized carbons (Fsp3) is 0.231. The topological polar surface area (TPSA) is 50.1 Å². The van der Waals surface area contributed by atoms with Gasteiger partial charge in [-0.05, 0) is 37.6 Å². The molecule has 0 aliphatic heterocycles. The van der Waals surface area contributed by atoms with Crippen molar-refractivity contribution >= 4 is 35.2 Å². The first-order valence-electron chi connectivity index (χ1n) is 5.22. The lowest BCUT2D eigenvalue weighted by atomic mass is 10.1. The number of nitrogens with zero attached hydrogens (tertiary/aromatic N) is 1. The highest BCUT2D eigenvalue weighted by molar-refractivity contribution is 6.42. The summed E-state index contributed by atoms with van der Waals surface area (Å²) in [7, 11) is 0. The van der Waals surface area contributed by atoms with E-state index in [1.807, 2.05) is 0 Å². The molecule has 1 aromatic rings. The molecule has 0 saturated heterocycles. The zero-order valence-corrected chi connectivity index (χ0v) is 11.4. The number of carbonyl (C=O) groups excluding carboxylic acids is 1. The molecule has 1 rings (SSSR count). The van der Waals surface area contributed by atoms with E-state index in [1.54, 1.807) is 38.1 Å². The van der Waals surface area contributed by atoms with Gasteiger partial charge in [-0.3, -0.25) is 0 Å². The summed E-state index contributed by atoms with van der Waals surface area (Å²) in [5.74, 6) is -0.654. The minimum atomic E-state index is -0.654. The smallest absolute Gasteiger partial charge is 0.349 e. The summed E-state index contributed by atoms with van der Waals surface area (Å²) in [6.07, 6.45) is 1.13. The van der Waals surface area contributed by atoms with Crippen molar-refractivity contribution < 1.29 is 9.53 Å². The molecule has 0 fully saturated rings. The van der Waals surface area contributed by atoms with E-state index < -0.39 is 5.97 Å². The quantitative estimate of drug-likeness (QED) is 0.481. The molecule has 0 aliphatic carbocycles. The third-order valence-electron chi connectivity index (χ3n) is 1.94. The monoisotopic (exact) mass is 283 g/mol. The zero-order chi connectivity index (χ0) is 13.7. The molecule has 3 nitrogen and oxygen atoms in total. The molecule has 0 N–H and O–H groups in total. The number of carbonyl (C=O) groups is 1. The number of halogens is 2. The van der Waals surface area contributed by atoms with Crippen LogP contribution in [0.25, 0.3) is 6.08 Å². The van der Waals surface area contributed by atoms with E-state index in [2.05, 4.69) is 0 Å². The molecule has 0 bridgehead atoms. The minimum absolute atomic E-state index is 0.0814. The fourth-order valence-corrected chi connectivity index (χ4v) is 1.49. The molecule has 0 unspecified atom stereocenters. The van der Waals surface area contributed by atoms with Crippen LogP contribution in [-0.2, 0) is 9.53 Å². The van der Waals surface area contributed by atoms with Gasteiger partial charge < -0.3 is 4.74 Å². The molecule has 0 atom stereocenters. The predicted molar refractivity (Wildman–Crippen MR) is 71.3 cm³/mol.